The average Bonchev–Trinajstić information content (AvgIpc) is 3.20. The lowest BCUT2D eigenvalue weighted by Gasteiger charge is -2.33. The Bertz CT molecular complexity index is 1380. The molecule has 1 unspecified atom stereocenters. The monoisotopic (exact) mass is 532 g/mol. The van der Waals surface area contributed by atoms with Gasteiger partial charge >= 0.3 is 12.1 Å². The van der Waals surface area contributed by atoms with E-state index in [2.05, 4.69) is 22.5 Å². The number of aromatic carboxylic acids is 1. The van der Waals surface area contributed by atoms with Crippen molar-refractivity contribution in [3.8, 4) is 17.6 Å². The van der Waals surface area contributed by atoms with Crippen molar-refractivity contribution in [2.24, 2.45) is 0 Å². The molecule has 2 atom stereocenters. The fourth-order valence-electron chi connectivity index (χ4n) is 4.53. The zero-order valence-electron chi connectivity index (χ0n) is 20.9. The molecule has 4 rings (SSSR count). The molecule has 0 aliphatic carbocycles. The lowest BCUT2D eigenvalue weighted by Crippen LogP contribution is -2.46. The minimum atomic E-state index is -4.47. The van der Waals surface area contributed by atoms with Gasteiger partial charge in [0.05, 0.1) is 42.2 Å². The van der Waals surface area contributed by atoms with Gasteiger partial charge in [-0.1, -0.05) is 12.0 Å². The van der Waals surface area contributed by atoms with Crippen molar-refractivity contribution in [3.63, 3.8) is 0 Å². The highest BCUT2D eigenvalue weighted by Gasteiger charge is 2.31. The Morgan fingerprint density at radius 3 is 2.68 bits per heavy atom. The number of carbonyl (C=O) groups is 1. The van der Waals surface area contributed by atoms with Crippen molar-refractivity contribution in [1.82, 2.24) is 9.47 Å². The maximum absolute atomic E-state index is 14.6. The fourth-order valence-corrected chi connectivity index (χ4v) is 4.53. The summed E-state index contributed by atoms with van der Waals surface area (Å²) in [4.78, 5) is 13.1. The molecule has 2 aromatic carbocycles. The Morgan fingerprint density at radius 1 is 1.21 bits per heavy atom. The number of hydrogen-bond acceptors (Lipinski definition) is 5. The van der Waals surface area contributed by atoms with Crippen LogP contribution < -0.4 is 15.4 Å². The topological polar surface area (TPSA) is 78.8 Å². The number of nitrogens with zero attached hydrogens (tertiary/aromatic N) is 2. The summed E-state index contributed by atoms with van der Waals surface area (Å²) in [5, 5.41) is 15.9. The largest absolute Gasteiger partial charge is 0.495 e. The first-order chi connectivity index (χ1) is 18.1. The SMILES string of the molecule is COc1cc(C(=O)O)ccc1NCC#Cc1cc2c(NC3CCN(C)C[C@H]3F)cccc2n1CC(F)(F)F. The van der Waals surface area contributed by atoms with Crippen molar-refractivity contribution in [3.05, 3.63) is 53.7 Å². The smallest absolute Gasteiger partial charge is 0.406 e. The van der Waals surface area contributed by atoms with Crippen LogP contribution in [0.4, 0.5) is 28.9 Å². The first-order valence-corrected chi connectivity index (χ1v) is 12.0. The average molecular weight is 533 g/mol. The molecular weight excluding hydrogens is 504 g/mol. The number of benzene rings is 2. The van der Waals surface area contributed by atoms with E-state index in [1.807, 2.05) is 11.9 Å². The number of rotatable bonds is 7. The number of carboxylic acids is 1. The van der Waals surface area contributed by atoms with Gasteiger partial charge in [0.2, 0.25) is 0 Å². The summed E-state index contributed by atoms with van der Waals surface area (Å²) in [5.41, 5.74) is 1.62. The minimum Gasteiger partial charge on any atom is -0.495 e. The number of nitrogens with one attached hydrogen (secondary N) is 2. The van der Waals surface area contributed by atoms with Crippen LogP contribution in [-0.4, -0.2) is 72.7 Å². The van der Waals surface area contributed by atoms with Gasteiger partial charge in [-0.3, -0.25) is 0 Å². The number of ether oxygens (including phenoxy) is 1. The summed E-state index contributed by atoms with van der Waals surface area (Å²) in [6.07, 6.45) is -5.00. The van der Waals surface area contributed by atoms with Crippen LogP contribution in [0.25, 0.3) is 10.9 Å². The molecule has 0 spiro atoms. The van der Waals surface area contributed by atoms with Gasteiger partial charge in [-0.15, -0.1) is 0 Å². The number of methoxy groups -OCH3 is 1. The van der Waals surface area contributed by atoms with Crippen molar-refractivity contribution < 1.29 is 32.2 Å². The van der Waals surface area contributed by atoms with Gasteiger partial charge in [-0.2, -0.15) is 13.2 Å². The van der Waals surface area contributed by atoms with E-state index in [4.69, 9.17) is 9.84 Å². The molecule has 7 nitrogen and oxygen atoms in total. The molecule has 3 aromatic rings. The number of hydrogen-bond donors (Lipinski definition) is 3. The molecule has 0 saturated carbocycles. The van der Waals surface area contributed by atoms with Crippen LogP contribution in [-0.2, 0) is 6.54 Å². The highest BCUT2D eigenvalue weighted by atomic mass is 19.4. The molecule has 1 aliphatic rings. The molecule has 11 heteroatoms. The van der Waals surface area contributed by atoms with E-state index in [0.29, 0.717) is 34.4 Å². The van der Waals surface area contributed by atoms with Crippen LogP contribution >= 0.6 is 0 Å². The number of fused-ring (bicyclic) bond motifs is 1. The van der Waals surface area contributed by atoms with Crippen LogP contribution in [0.1, 0.15) is 22.5 Å². The molecule has 202 valence electrons. The number of anilines is 2. The van der Waals surface area contributed by atoms with E-state index in [1.54, 1.807) is 24.3 Å². The van der Waals surface area contributed by atoms with Crippen molar-refractivity contribution in [1.29, 1.82) is 0 Å². The summed E-state index contributed by atoms with van der Waals surface area (Å²) in [7, 11) is 3.25. The summed E-state index contributed by atoms with van der Waals surface area (Å²) >= 11 is 0. The molecule has 1 aliphatic heterocycles. The highest BCUT2D eigenvalue weighted by molar-refractivity contribution is 5.94. The van der Waals surface area contributed by atoms with E-state index in [9.17, 15) is 22.4 Å². The first kappa shape index (κ1) is 27.1. The van der Waals surface area contributed by atoms with E-state index in [0.717, 1.165) is 11.1 Å². The second-order valence-corrected chi connectivity index (χ2v) is 9.16. The summed E-state index contributed by atoms with van der Waals surface area (Å²) in [6.45, 7) is -0.144. The molecule has 0 bridgehead atoms. The molecule has 1 fully saturated rings. The quantitative estimate of drug-likeness (QED) is 0.299. The summed E-state index contributed by atoms with van der Waals surface area (Å²) < 4.78 is 61.3. The molecule has 0 amide bonds. The normalized spacial score (nSPS) is 18.1. The number of carboxylic acid groups (broad SMARTS) is 1. The predicted molar refractivity (Wildman–Crippen MR) is 138 cm³/mol. The third kappa shape index (κ3) is 6.31. The maximum Gasteiger partial charge on any atom is 0.406 e. The molecule has 0 radical (unpaired) electrons. The fraction of sp³-hybridized carbons (Fsp3) is 0.370. The number of halogens is 4. The lowest BCUT2D eigenvalue weighted by molar-refractivity contribution is -0.140. The van der Waals surface area contributed by atoms with E-state index < -0.39 is 30.9 Å². The van der Waals surface area contributed by atoms with Crippen molar-refractivity contribution >= 4 is 28.2 Å². The van der Waals surface area contributed by atoms with Gasteiger partial charge in [0.1, 0.15) is 18.5 Å². The third-order valence-electron chi connectivity index (χ3n) is 6.40. The van der Waals surface area contributed by atoms with Gasteiger partial charge in [-0.25, -0.2) is 9.18 Å². The van der Waals surface area contributed by atoms with E-state index >= 15 is 0 Å². The number of likely N-dealkylation sites (tertiary alicyclic amines) is 1. The predicted octanol–water partition coefficient (Wildman–Crippen LogP) is 4.83. The Labute approximate surface area is 217 Å². The Hall–Kier alpha value is -3.91. The maximum atomic E-state index is 14.6. The molecular formula is C27H28F4N4O3. The molecule has 2 heterocycles. The Morgan fingerprint density at radius 2 is 2.00 bits per heavy atom. The number of alkyl halides is 4. The van der Waals surface area contributed by atoms with E-state index in [-0.39, 0.29) is 24.3 Å². The Balaban J connectivity index is 1.60. The second-order valence-electron chi connectivity index (χ2n) is 9.16. The van der Waals surface area contributed by atoms with Crippen LogP contribution in [0, 0.1) is 11.8 Å². The zero-order chi connectivity index (χ0) is 27.4. The minimum absolute atomic E-state index is 0.0545. The summed E-state index contributed by atoms with van der Waals surface area (Å²) in [6, 6.07) is 10.4. The zero-order valence-corrected chi connectivity index (χ0v) is 20.9. The molecule has 1 aromatic heterocycles. The molecule has 38 heavy (non-hydrogen) atoms. The lowest BCUT2D eigenvalue weighted by atomic mass is 10.0. The molecule has 3 N–H and O–H groups in total. The molecule has 1 saturated heterocycles. The number of aromatic nitrogens is 1. The van der Waals surface area contributed by atoms with Crippen molar-refractivity contribution in [2.45, 2.75) is 31.4 Å². The van der Waals surface area contributed by atoms with Crippen LogP contribution in [0.3, 0.4) is 0 Å². The van der Waals surface area contributed by atoms with Gasteiger partial charge in [0, 0.05) is 24.2 Å². The van der Waals surface area contributed by atoms with Gasteiger partial charge < -0.3 is 29.9 Å². The second kappa shape index (κ2) is 11.2. The first-order valence-electron chi connectivity index (χ1n) is 12.0. The van der Waals surface area contributed by atoms with Gasteiger partial charge in [0.15, 0.2) is 0 Å². The van der Waals surface area contributed by atoms with Crippen LogP contribution in [0.5, 0.6) is 5.75 Å². The van der Waals surface area contributed by atoms with E-state index in [1.165, 1.54) is 25.3 Å². The van der Waals surface area contributed by atoms with Crippen molar-refractivity contribution in [2.75, 3.05) is 44.4 Å². The summed E-state index contributed by atoms with van der Waals surface area (Å²) in [5.74, 6) is 4.85. The van der Waals surface area contributed by atoms with Crippen LogP contribution in [0.2, 0.25) is 0 Å². The van der Waals surface area contributed by atoms with Gasteiger partial charge in [-0.05, 0) is 55.8 Å². The standard InChI is InChI=1S/C27H28F4N4O3/c1-34-12-10-22(20(28)15-34)33-21-6-3-7-24-19(21)14-18(35(24)16-27(29,30)31)5-4-11-32-23-9-8-17(26(36)37)13-25(23)38-2/h3,6-9,13-14,20,22,32-33H,10-12,15-16H2,1-2H3,(H,36,37)/t20-,22?/m1/s1. The van der Waals surface area contributed by atoms with Crippen LogP contribution in [0.15, 0.2) is 42.5 Å². The third-order valence-corrected chi connectivity index (χ3v) is 6.40. The van der Waals surface area contributed by atoms with Gasteiger partial charge in [0.25, 0.3) is 0 Å². The highest BCUT2D eigenvalue weighted by Crippen LogP contribution is 2.32. The number of piperidine rings is 1. The Kier molecular flexibility index (Phi) is 8.02.